The third-order valence-corrected chi connectivity index (χ3v) is 4.04. The van der Waals surface area contributed by atoms with E-state index < -0.39 is 6.03 Å². The molecule has 104 valence electrons. The maximum absolute atomic E-state index is 11.7. The quantitative estimate of drug-likeness (QED) is 0.688. The predicted molar refractivity (Wildman–Crippen MR) is 74.2 cm³/mol. The summed E-state index contributed by atoms with van der Waals surface area (Å²) in [6.45, 7) is 0.508. The number of rotatable bonds is 6. The molecule has 0 bridgehead atoms. The summed E-state index contributed by atoms with van der Waals surface area (Å²) in [5.41, 5.74) is 6.08. The molecule has 0 radical (unpaired) electrons. The number of aryl methyl sites for hydroxylation is 2. The average molecular weight is 282 g/mol. The van der Waals surface area contributed by atoms with Gasteiger partial charge >= 0.3 is 6.03 Å². The van der Waals surface area contributed by atoms with Gasteiger partial charge in [-0.05, 0) is 32.1 Å². The Morgan fingerprint density at radius 3 is 2.89 bits per heavy atom. The average Bonchev–Trinajstić information content (AvgIpc) is 2.88. The van der Waals surface area contributed by atoms with Crippen molar-refractivity contribution in [2.75, 3.05) is 11.9 Å². The summed E-state index contributed by atoms with van der Waals surface area (Å²) < 4.78 is 0. The molecule has 1 heterocycles. The molecule has 0 spiro atoms. The van der Waals surface area contributed by atoms with Crippen LogP contribution in [0.15, 0.2) is 0 Å². The number of nitrogens with one attached hydrogen (secondary N) is 2. The van der Waals surface area contributed by atoms with Crippen molar-refractivity contribution in [3.05, 3.63) is 10.6 Å². The highest BCUT2D eigenvalue weighted by Gasteiger charge is 2.17. The highest BCUT2D eigenvalue weighted by atomic mass is 32.1. The zero-order valence-corrected chi connectivity index (χ0v) is 11.5. The van der Waals surface area contributed by atoms with Crippen molar-refractivity contribution < 1.29 is 9.59 Å². The number of carbonyl (C=O) groups is 2. The molecular formula is C12H18N4O2S. The Bertz CT molecular complexity index is 451. The van der Waals surface area contributed by atoms with Crippen LogP contribution in [-0.2, 0) is 17.6 Å². The van der Waals surface area contributed by atoms with Crippen molar-refractivity contribution in [2.24, 2.45) is 5.73 Å². The van der Waals surface area contributed by atoms with Gasteiger partial charge in [-0.2, -0.15) is 0 Å². The molecule has 2 rings (SSSR count). The maximum Gasteiger partial charge on any atom is 0.312 e. The molecule has 0 aromatic carbocycles. The zero-order valence-electron chi connectivity index (χ0n) is 10.7. The van der Waals surface area contributed by atoms with E-state index in [1.807, 2.05) is 0 Å². The van der Waals surface area contributed by atoms with Crippen molar-refractivity contribution in [3.63, 3.8) is 0 Å². The first-order chi connectivity index (χ1) is 9.15. The highest BCUT2D eigenvalue weighted by Crippen LogP contribution is 2.30. The van der Waals surface area contributed by atoms with Gasteiger partial charge in [0.1, 0.15) is 0 Å². The Hall–Kier alpha value is -1.63. The fraction of sp³-hybridized carbons (Fsp3) is 0.583. The second kappa shape index (κ2) is 6.51. The molecule has 1 aliphatic rings. The van der Waals surface area contributed by atoms with Crippen molar-refractivity contribution in [1.82, 2.24) is 10.3 Å². The molecule has 1 aliphatic carbocycles. The molecule has 19 heavy (non-hydrogen) atoms. The summed E-state index contributed by atoms with van der Waals surface area (Å²) in [6, 6.07) is -0.526. The van der Waals surface area contributed by atoms with Gasteiger partial charge < -0.3 is 16.4 Å². The Morgan fingerprint density at radius 2 is 2.16 bits per heavy atom. The molecule has 0 saturated carbocycles. The molecule has 3 amide bonds. The minimum atomic E-state index is -0.526. The summed E-state index contributed by atoms with van der Waals surface area (Å²) in [6.07, 6.45) is 5.18. The number of fused-ring (bicyclic) bond motifs is 1. The van der Waals surface area contributed by atoms with E-state index in [4.69, 9.17) is 5.73 Å². The molecule has 6 nitrogen and oxygen atoms in total. The minimum absolute atomic E-state index is 0.0218. The first-order valence-electron chi connectivity index (χ1n) is 6.47. The van der Waals surface area contributed by atoms with Crippen LogP contribution in [0.3, 0.4) is 0 Å². The van der Waals surface area contributed by atoms with E-state index in [0.717, 1.165) is 31.4 Å². The number of urea groups is 1. The number of amides is 3. The number of hydrogen-bond acceptors (Lipinski definition) is 4. The fourth-order valence-corrected chi connectivity index (χ4v) is 3.11. The zero-order chi connectivity index (χ0) is 13.7. The Labute approximate surface area is 115 Å². The molecule has 4 N–H and O–H groups in total. The summed E-state index contributed by atoms with van der Waals surface area (Å²) in [5.74, 6) is -0.0218. The number of carbonyl (C=O) groups excluding carboxylic acids is 2. The molecule has 1 aromatic rings. The van der Waals surface area contributed by atoms with E-state index in [-0.39, 0.29) is 5.91 Å². The molecule has 0 fully saturated rings. The summed E-state index contributed by atoms with van der Waals surface area (Å²) in [5, 5.41) is 6.03. The maximum atomic E-state index is 11.7. The van der Waals surface area contributed by atoms with Gasteiger partial charge in [-0.1, -0.05) is 0 Å². The van der Waals surface area contributed by atoms with E-state index in [1.165, 1.54) is 11.3 Å². The van der Waals surface area contributed by atoms with Crippen LogP contribution in [-0.4, -0.2) is 23.5 Å². The monoisotopic (exact) mass is 282 g/mol. The highest BCUT2D eigenvalue weighted by molar-refractivity contribution is 7.15. The van der Waals surface area contributed by atoms with Crippen LogP contribution < -0.4 is 16.4 Å². The smallest absolute Gasteiger partial charge is 0.312 e. The first kappa shape index (κ1) is 13.8. The Kier molecular flexibility index (Phi) is 4.73. The number of thiazole rings is 1. The standard InChI is InChI=1S/C12H18N4O2S/c13-11(18)14-7-2-1-6-10(17)16-12-15-8-4-3-5-9(8)19-12/h1-7H2,(H3,13,14,18)(H,15,16,17). The lowest BCUT2D eigenvalue weighted by atomic mass is 10.2. The van der Waals surface area contributed by atoms with Crippen LogP contribution in [0, 0.1) is 0 Å². The molecule has 0 unspecified atom stereocenters. The van der Waals surface area contributed by atoms with Crippen LogP contribution in [0.2, 0.25) is 0 Å². The summed E-state index contributed by atoms with van der Waals surface area (Å²) >= 11 is 1.58. The molecule has 1 aromatic heterocycles. The molecule has 0 aliphatic heterocycles. The van der Waals surface area contributed by atoms with Gasteiger partial charge in [0.15, 0.2) is 5.13 Å². The second-order valence-electron chi connectivity index (χ2n) is 4.54. The van der Waals surface area contributed by atoms with E-state index in [9.17, 15) is 9.59 Å². The van der Waals surface area contributed by atoms with Crippen LogP contribution in [0.25, 0.3) is 0 Å². The van der Waals surface area contributed by atoms with Crippen molar-refractivity contribution >= 4 is 28.4 Å². The molecule has 7 heteroatoms. The summed E-state index contributed by atoms with van der Waals surface area (Å²) in [4.78, 5) is 27.8. The van der Waals surface area contributed by atoms with E-state index in [2.05, 4.69) is 15.6 Å². The van der Waals surface area contributed by atoms with Gasteiger partial charge in [-0.15, -0.1) is 11.3 Å². The number of nitrogens with two attached hydrogens (primary N) is 1. The predicted octanol–water partition coefficient (Wildman–Crippen LogP) is 1.41. The van der Waals surface area contributed by atoms with Crippen LogP contribution in [0.1, 0.15) is 36.3 Å². The number of primary amides is 1. The van der Waals surface area contributed by atoms with Gasteiger partial charge in [0.2, 0.25) is 5.91 Å². The molecule has 0 saturated heterocycles. The Balaban J connectivity index is 1.65. The SMILES string of the molecule is NC(=O)NCCCCC(=O)Nc1nc2c(s1)CCC2. The lowest BCUT2D eigenvalue weighted by Gasteiger charge is -2.02. The number of nitrogens with zero attached hydrogens (tertiary/aromatic N) is 1. The van der Waals surface area contributed by atoms with E-state index >= 15 is 0 Å². The summed E-state index contributed by atoms with van der Waals surface area (Å²) in [7, 11) is 0. The van der Waals surface area contributed by atoms with Crippen LogP contribution in [0.5, 0.6) is 0 Å². The minimum Gasteiger partial charge on any atom is -0.352 e. The second-order valence-corrected chi connectivity index (χ2v) is 5.62. The largest absolute Gasteiger partial charge is 0.352 e. The van der Waals surface area contributed by atoms with E-state index in [0.29, 0.717) is 18.1 Å². The number of aromatic nitrogens is 1. The van der Waals surface area contributed by atoms with Crippen LogP contribution in [0.4, 0.5) is 9.93 Å². The number of unbranched alkanes of at least 4 members (excludes halogenated alkanes) is 1. The topological polar surface area (TPSA) is 97.1 Å². The lowest BCUT2D eigenvalue weighted by Crippen LogP contribution is -2.30. The normalized spacial score (nSPS) is 13.1. The Morgan fingerprint density at radius 1 is 1.32 bits per heavy atom. The number of hydrogen-bond donors (Lipinski definition) is 3. The first-order valence-corrected chi connectivity index (χ1v) is 7.28. The third-order valence-electron chi connectivity index (χ3n) is 2.97. The lowest BCUT2D eigenvalue weighted by molar-refractivity contribution is -0.116. The van der Waals surface area contributed by atoms with Crippen molar-refractivity contribution in [1.29, 1.82) is 0 Å². The van der Waals surface area contributed by atoms with Gasteiger partial charge in [-0.3, -0.25) is 4.79 Å². The van der Waals surface area contributed by atoms with Gasteiger partial charge in [-0.25, -0.2) is 9.78 Å². The molecule has 0 atom stereocenters. The van der Waals surface area contributed by atoms with Crippen LogP contribution >= 0.6 is 11.3 Å². The van der Waals surface area contributed by atoms with Gasteiger partial charge in [0.25, 0.3) is 0 Å². The van der Waals surface area contributed by atoms with Gasteiger partial charge in [0.05, 0.1) is 5.69 Å². The van der Waals surface area contributed by atoms with Crippen molar-refractivity contribution in [2.45, 2.75) is 38.5 Å². The molecular weight excluding hydrogens is 264 g/mol. The van der Waals surface area contributed by atoms with E-state index in [1.54, 1.807) is 11.3 Å². The fourth-order valence-electron chi connectivity index (χ4n) is 2.05. The number of anilines is 1. The van der Waals surface area contributed by atoms with Gasteiger partial charge in [0, 0.05) is 17.8 Å². The third kappa shape index (κ3) is 4.20. The van der Waals surface area contributed by atoms with Crippen molar-refractivity contribution in [3.8, 4) is 0 Å².